The summed E-state index contributed by atoms with van der Waals surface area (Å²) in [5, 5.41) is 0. The van der Waals surface area contributed by atoms with E-state index in [0.717, 1.165) is 0 Å². The Hall–Kier alpha value is -1.62. The molecule has 0 aliphatic carbocycles. The van der Waals surface area contributed by atoms with Crippen LogP contribution >= 0.6 is 0 Å². The van der Waals surface area contributed by atoms with Crippen molar-refractivity contribution in [1.82, 2.24) is 10.4 Å². The highest BCUT2D eigenvalue weighted by Gasteiger charge is 2.11. The molecule has 0 unspecified atom stereocenters. The number of hydrazine groups is 1. The molecule has 0 amide bonds. The quantitative estimate of drug-likeness (QED) is 0.270. The van der Waals surface area contributed by atoms with Gasteiger partial charge in [-0.25, -0.2) is 5.84 Å². The lowest BCUT2D eigenvalue weighted by Gasteiger charge is -2.15. The van der Waals surface area contributed by atoms with Gasteiger partial charge in [-0.2, -0.15) is 0 Å². The van der Waals surface area contributed by atoms with Crippen molar-refractivity contribution in [2.45, 2.75) is 26.3 Å². The Bertz CT molecular complexity index is 414. The molecule has 0 fully saturated rings. The first kappa shape index (κ1) is 11.5. The lowest BCUT2D eigenvalue weighted by Crippen LogP contribution is -2.35. The van der Waals surface area contributed by atoms with Gasteiger partial charge in [0.2, 0.25) is 5.56 Å². The summed E-state index contributed by atoms with van der Waals surface area (Å²) in [5.74, 6) is 5.83. The molecule has 0 aliphatic rings. The number of aromatic nitrogens is 1. The number of nitrogens with two attached hydrogens (primary N) is 1. The predicted octanol–water partition coefficient (Wildman–Crippen LogP) is 0.383. The lowest BCUT2D eigenvalue weighted by molar-refractivity contribution is 0.579. The summed E-state index contributed by atoms with van der Waals surface area (Å²) in [6, 6.07) is 4.84. The Morgan fingerprint density at radius 1 is 1.47 bits per heavy atom. The molecule has 1 aromatic heterocycles. The van der Waals surface area contributed by atoms with Gasteiger partial charge < -0.3 is 10.4 Å². The first-order valence-corrected chi connectivity index (χ1v) is 4.68. The highest BCUT2D eigenvalue weighted by Crippen LogP contribution is 2.07. The Kier molecular flexibility index (Phi) is 3.26. The number of hydrogen-bond donors (Lipinski definition) is 3. The zero-order valence-corrected chi connectivity index (χ0v) is 9.16. The first-order chi connectivity index (χ1) is 6.92. The van der Waals surface area contributed by atoms with Gasteiger partial charge in [-0.3, -0.25) is 9.79 Å². The molecule has 0 saturated heterocycles. The van der Waals surface area contributed by atoms with Crippen molar-refractivity contribution in [3.8, 4) is 0 Å². The van der Waals surface area contributed by atoms with Crippen LogP contribution < -0.4 is 16.8 Å². The summed E-state index contributed by atoms with van der Waals surface area (Å²) in [6.07, 6.45) is 0. The Morgan fingerprint density at radius 3 is 2.60 bits per heavy atom. The van der Waals surface area contributed by atoms with Gasteiger partial charge in [-0.15, -0.1) is 0 Å². The maximum atomic E-state index is 11.1. The van der Waals surface area contributed by atoms with E-state index in [-0.39, 0.29) is 11.1 Å². The second-order valence-electron chi connectivity index (χ2n) is 4.20. The monoisotopic (exact) mass is 208 g/mol. The third-order valence-corrected chi connectivity index (χ3v) is 1.61. The molecule has 4 N–H and O–H groups in total. The average molecular weight is 208 g/mol. The number of aliphatic imine (C=N–C) groups is 1. The predicted molar refractivity (Wildman–Crippen MR) is 60.7 cm³/mol. The zero-order valence-electron chi connectivity index (χ0n) is 9.16. The summed E-state index contributed by atoms with van der Waals surface area (Å²) in [7, 11) is 0. The summed E-state index contributed by atoms with van der Waals surface area (Å²) in [5.41, 5.74) is 2.63. The third kappa shape index (κ3) is 3.55. The van der Waals surface area contributed by atoms with Crippen molar-refractivity contribution in [2.24, 2.45) is 10.8 Å². The highest BCUT2D eigenvalue weighted by atomic mass is 16.1. The molecule has 0 spiro atoms. The molecular weight excluding hydrogens is 192 g/mol. The van der Waals surface area contributed by atoms with Gasteiger partial charge in [0.15, 0.2) is 5.84 Å². The molecule has 0 radical (unpaired) electrons. The average Bonchev–Trinajstić information content (AvgIpc) is 2.13. The second kappa shape index (κ2) is 4.27. The third-order valence-electron chi connectivity index (χ3n) is 1.61. The minimum absolute atomic E-state index is 0.177. The highest BCUT2D eigenvalue weighted by molar-refractivity contribution is 5.96. The van der Waals surface area contributed by atoms with E-state index in [1.165, 1.54) is 6.07 Å². The number of aromatic amines is 1. The summed E-state index contributed by atoms with van der Waals surface area (Å²) < 4.78 is 0. The van der Waals surface area contributed by atoms with Crippen LogP contribution in [0, 0.1) is 0 Å². The molecule has 0 aliphatic heterocycles. The number of hydrogen-bond acceptors (Lipinski definition) is 3. The van der Waals surface area contributed by atoms with Crippen LogP contribution in [-0.4, -0.2) is 16.4 Å². The number of rotatable bonds is 1. The van der Waals surface area contributed by atoms with E-state index in [2.05, 4.69) is 15.4 Å². The Labute approximate surface area is 88.4 Å². The summed E-state index contributed by atoms with van der Waals surface area (Å²) >= 11 is 0. The van der Waals surface area contributed by atoms with E-state index in [9.17, 15) is 4.79 Å². The molecule has 1 rings (SSSR count). The van der Waals surface area contributed by atoms with Crippen LogP contribution in [0.5, 0.6) is 0 Å². The molecule has 15 heavy (non-hydrogen) atoms. The van der Waals surface area contributed by atoms with Crippen LogP contribution in [-0.2, 0) is 0 Å². The molecule has 0 saturated carbocycles. The summed E-state index contributed by atoms with van der Waals surface area (Å²) in [6.45, 7) is 5.85. The Balaban J connectivity index is 3.14. The first-order valence-electron chi connectivity index (χ1n) is 4.68. The minimum atomic E-state index is -0.256. The molecule has 5 heteroatoms. The SMILES string of the molecule is CC(C)(C)N=C(NN)c1cccc(=O)[nH]1. The maximum Gasteiger partial charge on any atom is 0.248 e. The molecule has 0 bridgehead atoms. The molecule has 5 nitrogen and oxygen atoms in total. The van der Waals surface area contributed by atoms with Gasteiger partial charge in [-0.1, -0.05) is 6.07 Å². The van der Waals surface area contributed by atoms with Crippen molar-refractivity contribution in [3.05, 3.63) is 34.2 Å². The second-order valence-corrected chi connectivity index (χ2v) is 4.20. The van der Waals surface area contributed by atoms with Gasteiger partial charge >= 0.3 is 0 Å². The van der Waals surface area contributed by atoms with Crippen molar-refractivity contribution in [3.63, 3.8) is 0 Å². The molecule has 0 aromatic carbocycles. The zero-order chi connectivity index (χ0) is 11.5. The van der Waals surface area contributed by atoms with Crippen molar-refractivity contribution < 1.29 is 0 Å². The molecule has 1 heterocycles. The molecule has 1 aromatic rings. The van der Waals surface area contributed by atoms with E-state index in [1.54, 1.807) is 12.1 Å². The molecular formula is C10H16N4O. The van der Waals surface area contributed by atoms with E-state index < -0.39 is 0 Å². The standard InChI is InChI=1S/C10H16N4O/c1-10(2,3)13-9(14-11)7-5-4-6-8(15)12-7/h4-6H,11H2,1-3H3,(H,12,15)(H,13,14). The topological polar surface area (TPSA) is 83.3 Å². The smallest absolute Gasteiger partial charge is 0.248 e. The van der Waals surface area contributed by atoms with Crippen LogP contribution in [0.25, 0.3) is 0 Å². The van der Waals surface area contributed by atoms with Gasteiger partial charge in [-0.05, 0) is 26.8 Å². The number of nitrogens with one attached hydrogen (secondary N) is 2. The van der Waals surface area contributed by atoms with Gasteiger partial charge in [0.05, 0.1) is 11.2 Å². The van der Waals surface area contributed by atoms with Crippen LogP contribution in [0.15, 0.2) is 28.0 Å². The summed E-state index contributed by atoms with van der Waals surface area (Å²) in [4.78, 5) is 18.1. The van der Waals surface area contributed by atoms with Crippen molar-refractivity contribution >= 4 is 5.84 Å². The minimum Gasteiger partial charge on any atom is -0.319 e. The van der Waals surface area contributed by atoms with E-state index in [0.29, 0.717) is 11.5 Å². The van der Waals surface area contributed by atoms with E-state index in [1.807, 2.05) is 20.8 Å². The fourth-order valence-electron chi connectivity index (χ4n) is 1.09. The van der Waals surface area contributed by atoms with E-state index >= 15 is 0 Å². The number of nitrogens with zero attached hydrogens (tertiary/aromatic N) is 1. The van der Waals surface area contributed by atoms with Gasteiger partial charge in [0, 0.05) is 6.07 Å². The fraction of sp³-hybridized carbons (Fsp3) is 0.400. The van der Waals surface area contributed by atoms with Crippen LogP contribution in [0.1, 0.15) is 26.5 Å². The number of pyridine rings is 1. The van der Waals surface area contributed by atoms with Crippen LogP contribution in [0.4, 0.5) is 0 Å². The van der Waals surface area contributed by atoms with Crippen molar-refractivity contribution in [1.29, 1.82) is 0 Å². The normalized spacial score (nSPS) is 12.7. The Morgan fingerprint density at radius 2 is 2.13 bits per heavy atom. The maximum absolute atomic E-state index is 11.1. The lowest BCUT2D eigenvalue weighted by atomic mass is 10.1. The number of amidine groups is 1. The van der Waals surface area contributed by atoms with Gasteiger partial charge in [0.1, 0.15) is 0 Å². The molecule has 82 valence electrons. The van der Waals surface area contributed by atoms with Gasteiger partial charge in [0.25, 0.3) is 0 Å². The largest absolute Gasteiger partial charge is 0.319 e. The van der Waals surface area contributed by atoms with E-state index in [4.69, 9.17) is 5.84 Å². The number of H-pyrrole nitrogens is 1. The fourth-order valence-corrected chi connectivity index (χ4v) is 1.09. The van der Waals surface area contributed by atoms with Crippen LogP contribution in [0.3, 0.4) is 0 Å². The van der Waals surface area contributed by atoms with Crippen LogP contribution in [0.2, 0.25) is 0 Å². The molecule has 0 atom stereocenters. The van der Waals surface area contributed by atoms with Crippen molar-refractivity contribution in [2.75, 3.05) is 0 Å².